The van der Waals surface area contributed by atoms with Gasteiger partial charge in [-0.1, -0.05) is 81.1 Å². The number of halogens is 1. The van der Waals surface area contributed by atoms with Crippen molar-refractivity contribution in [3.8, 4) is 5.75 Å². The number of thioether (sulfide) groups is 2. The third kappa shape index (κ3) is 7.14. The molecule has 3 aromatic rings. The molecule has 0 radical (unpaired) electrons. The van der Waals surface area contributed by atoms with Crippen LogP contribution in [0.25, 0.3) is 0 Å². The van der Waals surface area contributed by atoms with Gasteiger partial charge in [-0.2, -0.15) is 5.10 Å². The van der Waals surface area contributed by atoms with Gasteiger partial charge in [0.1, 0.15) is 5.75 Å². The second-order valence-corrected chi connectivity index (χ2v) is 9.91. The number of aromatic nitrogens is 2. The number of ether oxygens (including phenoxy) is 1. The van der Waals surface area contributed by atoms with Gasteiger partial charge in [0, 0.05) is 15.8 Å². The molecule has 1 amide bonds. The first kappa shape index (κ1) is 21.8. The Morgan fingerprint density at radius 1 is 1.21 bits per heavy atom. The zero-order valence-corrected chi connectivity index (χ0v) is 19.4. The molecule has 1 aromatic heterocycles. The summed E-state index contributed by atoms with van der Waals surface area (Å²) in [6.45, 7) is 0. The average Bonchev–Trinajstić information content (AvgIpc) is 3.20. The van der Waals surface area contributed by atoms with Crippen molar-refractivity contribution in [2.45, 2.75) is 14.4 Å². The number of hydrogen-bond acceptors (Lipinski definition) is 8. The number of carbonyl (C=O) groups is 1. The molecule has 150 valence electrons. The van der Waals surface area contributed by atoms with Gasteiger partial charge in [0.15, 0.2) is 8.68 Å². The summed E-state index contributed by atoms with van der Waals surface area (Å²) in [5.74, 6) is 1.52. The predicted molar refractivity (Wildman–Crippen MR) is 123 cm³/mol. The lowest BCUT2D eigenvalue weighted by Gasteiger charge is -2.04. The lowest BCUT2D eigenvalue weighted by atomic mass is 10.2. The highest BCUT2D eigenvalue weighted by Crippen LogP contribution is 2.30. The monoisotopic (exact) mass is 508 g/mol. The molecule has 1 heterocycles. The van der Waals surface area contributed by atoms with E-state index in [0.29, 0.717) is 5.75 Å². The van der Waals surface area contributed by atoms with Crippen LogP contribution in [0.4, 0.5) is 0 Å². The van der Waals surface area contributed by atoms with Gasteiger partial charge in [-0.3, -0.25) is 4.79 Å². The van der Waals surface area contributed by atoms with Crippen LogP contribution in [0.1, 0.15) is 11.1 Å². The molecule has 1 N–H and O–H groups in total. The molecule has 6 nitrogen and oxygen atoms in total. The molecule has 0 unspecified atom stereocenters. The van der Waals surface area contributed by atoms with Gasteiger partial charge in [-0.25, -0.2) is 5.43 Å². The zero-order chi connectivity index (χ0) is 20.5. The summed E-state index contributed by atoms with van der Waals surface area (Å²) >= 11 is 7.86. The standard InChI is InChI=1S/C19H17BrN4O2S3/c1-26-16-8-7-15(20)9-14(16)10-21-22-17(25)12-28-19-24-23-18(29-19)27-11-13-5-3-2-4-6-13/h2-10H,11-12H2,1H3,(H,22,25)/b21-10+. The van der Waals surface area contributed by atoms with Crippen molar-refractivity contribution >= 4 is 62.9 Å². The van der Waals surface area contributed by atoms with Crippen molar-refractivity contribution in [3.63, 3.8) is 0 Å². The first-order valence-electron chi connectivity index (χ1n) is 8.42. The van der Waals surface area contributed by atoms with E-state index in [0.717, 1.165) is 24.5 Å². The average molecular weight is 509 g/mol. The molecule has 0 bridgehead atoms. The first-order valence-corrected chi connectivity index (χ1v) is 12.0. The second-order valence-electron chi connectivity index (χ2n) is 5.58. The highest BCUT2D eigenvalue weighted by molar-refractivity contribution is 9.10. The number of rotatable bonds is 9. The minimum atomic E-state index is -0.214. The van der Waals surface area contributed by atoms with Crippen LogP contribution in [-0.4, -0.2) is 35.2 Å². The van der Waals surface area contributed by atoms with E-state index in [1.807, 2.05) is 36.4 Å². The number of nitrogens with zero attached hydrogens (tertiary/aromatic N) is 3. The van der Waals surface area contributed by atoms with Gasteiger partial charge < -0.3 is 4.74 Å². The van der Waals surface area contributed by atoms with Crippen LogP contribution in [0, 0.1) is 0 Å². The smallest absolute Gasteiger partial charge is 0.250 e. The van der Waals surface area contributed by atoms with Crippen LogP contribution in [0.15, 0.2) is 66.8 Å². The minimum Gasteiger partial charge on any atom is -0.496 e. The quantitative estimate of drug-likeness (QED) is 0.253. The van der Waals surface area contributed by atoms with E-state index in [2.05, 4.69) is 48.8 Å². The Morgan fingerprint density at radius 3 is 2.72 bits per heavy atom. The summed E-state index contributed by atoms with van der Waals surface area (Å²) in [6.07, 6.45) is 1.55. The molecule has 0 spiro atoms. The van der Waals surface area contributed by atoms with Crippen molar-refractivity contribution < 1.29 is 9.53 Å². The number of carbonyl (C=O) groups excluding carboxylic acids is 1. The molecule has 0 saturated heterocycles. The maximum absolute atomic E-state index is 12.0. The highest BCUT2D eigenvalue weighted by Gasteiger charge is 2.09. The molecule has 10 heteroatoms. The van der Waals surface area contributed by atoms with E-state index in [4.69, 9.17) is 4.74 Å². The van der Waals surface area contributed by atoms with E-state index >= 15 is 0 Å². The number of nitrogens with one attached hydrogen (secondary N) is 1. The maximum Gasteiger partial charge on any atom is 0.250 e. The topological polar surface area (TPSA) is 76.5 Å². The molecule has 0 fully saturated rings. The fraction of sp³-hybridized carbons (Fsp3) is 0.158. The Balaban J connectivity index is 1.44. The van der Waals surface area contributed by atoms with E-state index in [-0.39, 0.29) is 11.7 Å². The number of hydrazone groups is 1. The van der Waals surface area contributed by atoms with Crippen molar-refractivity contribution in [2.24, 2.45) is 5.10 Å². The van der Waals surface area contributed by atoms with E-state index in [9.17, 15) is 4.79 Å². The summed E-state index contributed by atoms with van der Waals surface area (Å²) in [4.78, 5) is 12.0. The van der Waals surface area contributed by atoms with Gasteiger partial charge in [0.25, 0.3) is 5.91 Å². The molecular weight excluding hydrogens is 492 g/mol. The normalized spacial score (nSPS) is 11.0. The number of amides is 1. The third-order valence-corrected chi connectivity index (χ3v) is 7.26. The summed E-state index contributed by atoms with van der Waals surface area (Å²) in [5, 5.41) is 12.3. The van der Waals surface area contributed by atoms with Crippen LogP contribution in [-0.2, 0) is 10.5 Å². The lowest BCUT2D eigenvalue weighted by molar-refractivity contribution is -0.118. The van der Waals surface area contributed by atoms with Crippen LogP contribution in [0.2, 0.25) is 0 Å². The molecule has 29 heavy (non-hydrogen) atoms. The molecule has 2 aromatic carbocycles. The fourth-order valence-electron chi connectivity index (χ4n) is 2.17. The molecule has 3 rings (SSSR count). The first-order chi connectivity index (χ1) is 14.1. The van der Waals surface area contributed by atoms with E-state index in [1.54, 1.807) is 25.1 Å². The summed E-state index contributed by atoms with van der Waals surface area (Å²) in [5.41, 5.74) is 4.52. The van der Waals surface area contributed by atoms with Crippen molar-refractivity contribution in [2.75, 3.05) is 12.9 Å². The molecule has 0 saturated carbocycles. The van der Waals surface area contributed by atoms with Gasteiger partial charge in [0.05, 0.1) is 19.1 Å². The maximum atomic E-state index is 12.0. The second kappa shape index (κ2) is 11.3. The van der Waals surface area contributed by atoms with Crippen LogP contribution in [0.3, 0.4) is 0 Å². The molecule has 0 aliphatic heterocycles. The number of methoxy groups -OCH3 is 1. The Hall–Kier alpha value is -1.88. The predicted octanol–water partition coefficient (Wildman–Crippen LogP) is 4.84. The SMILES string of the molecule is COc1ccc(Br)cc1/C=N/NC(=O)CSc1nnc(SCc2ccccc2)s1. The Kier molecular flexibility index (Phi) is 8.53. The van der Waals surface area contributed by atoms with Crippen LogP contribution < -0.4 is 10.2 Å². The van der Waals surface area contributed by atoms with Gasteiger partial charge in [-0.05, 0) is 23.8 Å². The summed E-state index contributed by atoms with van der Waals surface area (Å²) in [6, 6.07) is 15.8. The number of benzene rings is 2. The Bertz CT molecular complexity index is 983. The fourth-order valence-corrected chi connectivity index (χ4v) is 5.32. The molecular formula is C19H17BrN4O2S3. The van der Waals surface area contributed by atoms with E-state index < -0.39 is 0 Å². The van der Waals surface area contributed by atoms with Crippen LogP contribution >= 0.6 is 50.8 Å². The molecule has 0 atom stereocenters. The van der Waals surface area contributed by atoms with Crippen molar-refractivity contribution in [3.05, 3.63) is 64.1 Å². The van der Waals surface area contributed by atoms with Crippen LogP contribution in [0.5, 0.6) is 5.75 Å². The van der Waals surface area contributed by atoms with Gasteiger partial charge in [-0.15, -0.1) is 10.2 Å². The van der Waals surface area contributed by atoms with Gasteiger partial charge >= 0.3 is 0 Å². The van der Waals surface area contributed by atoms with E-state index in [1.165, 1.54) is 28.7 Å². The zero-order valence-electron chi connectivity index (χ0n) is 15.4. The molecule has 0 aliphatic rings. The van der Waals surface area contributed by atoms with Crippen molar-refractivity contribution in [1.29, 1.82) is 0 Å². The van der Waals surface area contributed by atoms with Crippen molar-refractivity contribution in [1.82, 2.24) is 15.6 Å². The summed E-state index contributed by atoms with van der Waals surface area (Å²) < 4.78 is 7.81. The largest absolute Gasteiger partial charge is 0.496 e. The Labute approximate surface area is 189 Å². The number of hydrogen-bond donors (Lipinski definition) is 1. The lowest BCUT2D eigenvalue weighted by Crippen LogP contribution is -2.19. The molecule has 0 aliphatic carbocycles. The third-order valence-electron chi connectivity index (χ3n) is 3.50. The highest BCUT2D eigenvalue weighted by atomic mass is 79.9. The van der Waals surface area contributed by atoms with Gasteiger partial charge in [0.2, 0.25) is 0 Å². The Morgan fingerprint density at radius 2 is 1.97 bits per heavy atom. The minimum absolute atomic E-state index is 0.213. The summed E-state index contributed by atoms with van der Waals surface area (Å²) in [7, 11) is 1.59.